The van der Waals surface area contributed by atoms with Crippen molar-refractivity contribution in [1.29, 1.82) is 0 Å². The topological polar surface area (TPSA) is 83.2 Å². The minimum atomic E-state index is -0.258. The maximum atomic E-state index is 12.1. The molecule has 0 amide bonds. The van der Waals surface area contributed by atoms with Crippen molar-refractivity contribution in [3.05, 3.63) is 47.7 Å². The number of nitrogens with zero attached hydrogens (tertiary/aromatic N) is 1. The van der Waals surface area contributed by atoms with Crippen LogP contribution < -0.4 is 4.73 Å². The van der Waals surface area contributed by atoms with Crippen molar-refractivity contribution in [3.8, 4) is 22.9 Å². The lowest BCUT2D eigenvalue weighted by Crippen LogP contribution is -2.26. The summed E-state index contributed by atoms with van der Waals surface area (Å²) in [5.74, 6) is -0.148. The number of phenols is 2. The van der Waals surface area contributed by atoms with E-state index in [1.807, 2.05) is 6.07 Å². The van der Waals surface area contributed by atoms with E-state index in [0.717, 1.165) is 10.2 Å². The maximum Gasteiger partial charge on any atom is 0.290 e. The van der Waals surface area contributed by atoms with Crippen LogP contribution in [0.2, 0.25) is 0 Å². The maximum absolute atomic E-state index is 12.1. The lowest BCUT2D eigenvalue weighted by atomic mass is 10.2. The molecule has 2 aromatic carbocycles. The fourth-order valence-electron chi connectivity index (χ4n) is 1.92. The number of phenolic OH excluding ortho intramolecular Hbond substituents is 2. The van der Waals surface area contributed by atoms with Gasteiger partial charge in [0, 0.05) is 0 Å². The van der Waals surface area contributed by atoms with Crippen LogP contribution in [0.1, 0.15) is 0 Å². The van der Waals surface area contributed by atoms with Crippen molar-refractivity contribution in [2.75, 3.05) is 0 Å². The second-order valence-corrected chi connectivity index (χ2v) is 3.99. The molecule has 3 aromatic rings. The van der Waals surface area contributed by atoms with Crippen LogP contribution in [0, 0.1) is 5.21 Å². The van der Waals surface area contributed by atoms with E-state index in [0.29, 0.717) is 16.9 Å². The average molecular weight is 242 g/mol. The van der Waals surface area contributed by atoms with Gasteiger partial charge in [-0.25, -0.2) is 9.71 Å². The Labute approximate surface area is 102 Å². The summed E-state index contributed by atoms with van der Waals surface area (Å²) in [6.45, 7) is 0. The third-order valence-electron chi connectivity index (χ3n) is 2.83. The first kappa shape index (κ1) is 10.5. The van der Waals surface area contributed by atoms with Crippen molar-refractivity contribution < 1.29 is 14.9 Å². The molecule has 0 spiro atoms. The van der Waals surface area contributed by atoms with E-state index in [1.54, 1.807) is 24.3 Å². The molecule has 0 saturated carbocycles. The molecule has 0 bridgehead atoms. The number of nitrogens with one attached hydrogen (secondary N) is 1. The summed E-state index contributed by atoms with van der Waals surface area (Å²) in [6.07, 6.45) is 0. The molecule has 3 rings (SSSR count). The molecular weight excluding hydrogens is 232 g/mol. The first-order valence-electron chi connectivity index (χ1n) is 5.39. The van der Waals surface area contributed by atoms with Crippen LogP contribution >= 0.6 is 0 Å². The summed E-state index contributed by atoms with van der Waals surface area (Å²) >= 11 is 0. The molecule has 0 radical (unpaired) electrons. The molecule has 1 aromatic heterocycles. The van der Waals surface area contributed by atoms with Gasteiger partial charge in [0.05, 0.1) is 5.56 Å². The minimum Gasteiger partial charge on any atom is -0.710 e. The van der Waals surface area contributed by atoms with Crippen molar-refractivity contribution >= 4 is 11.0 Å². The van der Waals surface area contributed by atoms with Crippen LogP contribution in [0.4, 0.5) is 0 Å². The van der Waals surface area contributed by atoms with E-state index in [4.69, 9.17) is 0 Å². The molecule has 0 aliphatic rings. The molecule has 0 unspecified atom stereocenters. The number of hydrogen-bond acceptors (Lipinski definition) is 3. The highest BCUT2D eigenvalue weighted by atomic mass is 16.5. The molecule has 18 heavy (non-hydrogen) atoms. The summed E-state index contributed by atoms with van der Waals surface area (Å²) in [6, 6.07) is 11.4. The molecule has 0 aliphatic heterocycles. The lowest BCUT2D eigenvalue weighted by molar-refractivity contribution is -0.564. The van der Waals surface area contributed by atoms with Gasteiger partial charge >= 0.3 is 0 Å². The van der Waals surface area contributed by atoms with Crippen LogP contribution in [0.5, 0.6) is 11.5 Å². The van der Waals surface area contributed by atoms with Gasteiger partial charge in [-0.15, -0.1) is 0 Å². The van der Waals surface area contributed by atoms with E-state index in [2.05, 4.69) is 4.98 Å². The number of fused-ring (bicyclic) bond motifs is 1. The molecule has 90 valence electrons. The largest absolute Gasteiger partial charge is 0.710 e. The van der Waals surface area contributed by atoms with Crippen molar-refractivity contribution in [3.63, 3.8) is 0 Å². The zero-order valence-electron chi connectivity index (χ0n) is 9.29. The molecule has 0 atom stereocenters. The van der Waals surface area contributed by atoms with Crippen LogP contribution in [0.3, 0.4) is 0 Å². The molecule has 5 nitrogen and oxygen atoms in total. The normalized spacial score (nSPS) is 10.9. The molecular formula is C13H10N2O3. The predicted octanol–water partition coefficient (Wildman–Crippen LogP) is 1.88. The number of para-hydroxylation sites is 2. The predicted molar refractivity (Wildman–Crippen MR) is 66.0 cm³/mol. The Morgan fingerprint density at radius 3 is 2.50 bits per heavy atom. The van der Waals surface area contributed by atoms with Crippen LogP contribution in [-0.4, -0.2) is 15.2 Å². The van der Waals surface area contributed by atoms with Gasteiger partial charge in [-0.1, -0.05) is 12.1 Å². The van der Waals surface area contributed by atoms with Crippen LogP contribution in [0.25, 0.3) is 22.4 Å². The van der Waals surface area contributed by atoms with Gasteiger partial charge in [-0.3, -0.25) is 0 Å². The van der Waals surface area contributed by atoms with Gasteiger partial charge in [0.25, 0.3) is 5.82 Å². The third-order valence-corrected chi connectivity index (χ3v) is 2.83. The first-order valence-corrected chi connectivity index (χ1v) is 5.39. The summed E-state index contributed by atoms with van der Waals surface area (Å²) in [7, 11) is 0. The summed E-state index contributed by atoms with van der Waals surface area (Å²) in [5, 5.41) is 30.8. The Balaban J connectivity index is 2.25. The molecule has 3 N–H and O–H groups in total. The van der Waals surface area contributed by atoms with Crippen LogP contribution in [0.15, 0.2) is 42.5 Å². The fourth-order valence-corrected chi connectivity index (χ4v) is 1.92. The van der Waals surface area contributed by atoms with Crippen molar-refractivity contribution in [2.45, 2.75) is 0 Å². The van der Waals surface area contributed by atoms with E-state index in [9.17, 15) is 15.4 Å². The number of aromatic amines is 1. The number of rotatable bonds is 1. The first-order chi connectivity index (χ1) is 8.66. The highest BCUT2D eigenvalue weighted by molar-refractivity contribution is 5.75. The highest BCUT2D eigenvalue weighted by Gasteiger charge is 2.16. The Bertz CT molecular complexity index is 734. The standard InChI is InChI=1S/C13H10N2O3/c16-11-6-5-8(7-12(11)17)13-14-9-3-1-2-4-10(9)15(13)18/h1-7,14,16-17H. The lowest BCUT2D eigenvalue weighted by Gasteiger charge is -2.03. The molecule has 5 heteroatoms. The van der Waals surface area contributed by atoms with Gasteiger partial charge < -0.3 is 15.4 Å². The van der Waals surface area contributed by atoms with Gasteiger partial charge in [-0.05, 0) is 30.3 Å². The molecule has 1 heterocycles. The molecule has 0 aliphatic carbocycles. The summed E-state index contributed by atoms with van der Waals surface area (Å²) in [5.41, 5.74) is 1.76. The van der Waals surface area contributed by atoms with Crippen molar-refractivity contribution in [1.82, 2.24) is 4.98 Å². The minimum absolute atomic E-state index is 0.215. The number of hydrogen-bond donors (Lipinski definition) is 3. The van der Waals surface area contributed by atoms with E-state index in [1.165, 1.54) is 12.1 Å². The Morgan fingerprint density at radius 1 is 1.00 bits per heavy atom. The number of imidazole rings is 1. The second kappa shape index (κ2) is 3.66. The highest BCUT2D eigenvalue weighted by Crippen LogP contribution is 2.29. The Hall–Kier alpha value is -2.69. The van der Waals surface area contributed by atoms with Crippen molar-refractivity contribution in [2.24, 2.45) is 0 Å². The zero-order valence-corrected chi connectivity index (χ0v) is 9.29. The van der Waals surface area contributed by atoms with Gasteiger partial charge in [0.2, 0.25) is 0 Å². The van der Waals surface area contributed by atoms with E-state index in [-0.39, 0.29) is 11.5 Å². The van der Waals surface area contributed by atoms with Gasteiger partial charge in [0.1, 0.15) is 0 Å². The van der Waals surface area contributed by atoms with E-state index >= 15 is 0 Å². The molecule has 0 saturated heterocycles. The quantitative estimate of drug-likeness (QED) is 0.346. The van der Waals surface area contributed by atoms with E-state index < -0.39 is 0 Å². The summed E-state index contributed by atoms with van der Waals surface area (Å²) < 4.78 is 0.765. The fraction of sp³-hybridized carbons (Fsp3) is 0. The number of H-pyrrole nitrogens is 1. The number of aromatic hydroxyl groups is 2. The Kier molecular flexibility index (Phi) is 2.13. The van der Waals surface area contributed by atoms with Gasteiger partial charge in [-0.2, -0.15) is 0 Å². The SMILES string of the molecule is [O-][n+]1c(-c2ccc(O)c(O)c2)[nH]c2ccccc21. The second-order valence-electron chi connectivity index (χ2n) is 3.99. The Morgan fingerprint density at radius 2 is 1.78 bits per heavy atom. The third kappa shape index (κ3) is 1.45. The summed E-state index contributed by atoms with van der Waals surface area (Å²) in [4.78, 5) is 2.98. The molecule has 0 fully saturated rings. The monoisotopic (exact) mass is 242 g/mol. The average Bonchev–Trinajstić information content (AvgIpc) is 2.71. The van der Waals surface area contributed by atoms with Gasteiger partial charge in [0.15, 0.2) is 22.5 Å². The van der Waals surface area contributed by atoms with Crippen LogP contribution in [-0.2, 0) is 0 Å². The number of aromatic nitrogens is 2. The smallest absolute Gasteiger partial charge is 0.290 e. The zero-order chi connectivity index (χ0) is 12.7. The number of benzene rings is 2.